The van der Waals surface area contributed by atoms with Gasteiger partial charge in [-0.2, -0.15) is 13.2 Å². The smallest absolute Gasteiger partial charge is 0.166 e. The van der Waals surface area contributed by atoms with Crippen LogP contribution in [0.4, 0.5) is 13.2 Å². The Labute approximate surface area is 132 Å². The van der Waals surface area contributed by atoms with Gasteiger partial charge in [0.25, 0.3) is 0 Å². The average molecular weight is 408 g/mol. The molecule has 2 aromatic carbocycles. The molecule has 0 heterocycles. The summed E-state index contributed by atoms with van der Waals surface area (Å²) < 4.78 is 38.7. The molecule has 1 unspecified atom stereocenters. The van der Waals surface area contributed by atoms with Crippen molar-refractivity contribution >= 4 is 31.9 Å². The van der Waals surface area contributed by atoms with Crippen LogP contribution in [-0.2, 0) is 12.6 Å². The Bertz CT molecular complexity index is 579. The summed E-state index contributed by atoms with van der Waals surface area (Å²) in [6.07, 6.45) is -3.71. The fourth-order valence-electron chi connectivity index (χ4n) is 1.89. The molecule has 0 aliphatic heterocycles. The van der Waals surface area contributed by atoms with E-state index in [1.165, 1.54) is 12.1 Å². The lowest BCUT2D eigenvalue weighted by Crippen LogP contribution is -2.07. The van der Waals surface area contributed by atoms with Crippen molar-refractivity contribution in [1.29, 1.82) is 0 Å². The third-order valence-electron chi connectivity index (χ3n) is 2.92. The fraction of sp³-hybridized carbons (Fsp3) is 0.200. The summed E-state index contributed by atoms with van der Waals surface area (Å²) >= 11 is 6.41. The van der Waals surface area contributed by atoms with Crippen LogP contribution in [0.1, 0.15) is 21.5 Å². The Kier molecular flexibility index (Phi) is 4.91. The predicted octanol–water partition coefficient (Wildman–Crippen LogP) is 6.15. The molecular formula is C15H11Br2F3. The van der Waals surface area contributed by atoms with Crippen molar-refractivity contribution in [2.45, 2.75) is 17.4 Å². The van der Waals surface area contributed by atoms with E-state index in [0.717, 1.165) is 5.56 Å². The van der Waals surface area contributed by atoms with Crippen molar-refractivity contribution in [2.24, 2.45) is 0 Å². The van der Waals surface area contributed by atoms with Crippen molar-refractivity contribution < 1.29 is 13.2 Å². The van der Waals surface area contributed by atoms with E-state index in [0.29, 0.717) is 12.0 Å². The van der Waals surface area contributed by atoms with E-state index in [9.17, 15) is 13.2 Å². The Morgan fingerprint density at radius 2 is 1.65 bits per heavy atom. The Morgan fingerprint density at radius 3 is 2.25 bits per heavy atom. The van der Waals surface area contributed by atoms with Crippen LogP contribution in [0.2, 0.25) is 0 Å². The van der Waals surface area contributed by atoms with Gasteiger partial charge in [0, 0.05) is 9.30 Å². The zero-order chi connectivity index (χ0) is 14.8. The molecule has 0 saturated carbocycles. The topological polar surface area (TPSA) is 0 Å². The van der Waals surface area contributed by atoms with E-state index >= 15 is 0 Å². The first kappa shape index (κ1) is 15.6. The largest absolute Gasteiger partial charge is 0.417 e. The van der Waals surface area contributed by atoms with Gasteiger partial charge in [0.1, 0.15) is 0 Å². The van der Waals surface area contributed by atoms with Gasteiger partial charge in [0.15, 0.2) is 0 Å². The second kappa shape index (κ2) is 6.31. The standard InChI is InChI=1S/C15H11Br2F3/c16-13-7-6-11(9-12(13)15(18,19)20)14(17)8-10-4-2-1-3-5-10/h1-7,9,14H,8H2. The van der Waals surface area contributed by atoms with Gasteiger partial charge < -0.3 is 0 Å². The molecule has 0 amide bonds. The van der Waals surface area contributed by atoms with Crippen LogP contribution in [0.25, 0.3) is 0 Å². The number of hydrogen-bond acceptors (Lipinski definition) is 0. The van der Waals surface area contributed by atoms with Crippen molar-refractivity contribution in [3.63, 3.8) is 0 Å². The van der Waals surface area contributed by atoms with Gasteiger partial charge in [-0.25, -0.2) is 0 Å². The van der Waals surface area contributed by atoms with Gasteiger partial charge in [-0.3, -0.25) is 0 Å². The van der Waals surface area contributed by atoms with E-state index < -0.39 is 11.7 Å². The highest BCUT2D eigenvalue weighted by Crippen LogP contribution is 2.38. The minimum Gasteiger partial charge on any atom is -0.166 e. The molecule has 0 fully saturated rings. The van der Waals surface area contributed by atoms with Gasteiger partial charge in [0.05, 0.1) is 5.56 Å². The quantitative estimate of drug-likeness (QED) is 0.535. The molecule has 0 aliphatic carbocycles. The maximum Gasteiger partial charge on any atom is 0.417 e. The lowest BCUT2D eigenvalue weighted by Gasteiger charge is -2.15. The summed E-state index contributed by atoms with van der Waals surface area (Å²) in [5.74, 6) is 0. The van der Waals surface area contributed by atoms with E-state index in [-0.39, 0.29) is 9.30 Å². The first-order valence-electron chi connectivity index (χ1n) is 5.92. The van der Waals surface area contributed by atoms with Crippen molar-refractivity contribution in [3.05, 3.63) is 69.7 Å². The summed E-state index contributed by atoms with van der Waals surface area (Å²) in [7, 11) is 0. The van der Waals surface area contributed by atoms with Crippen molar-refractivity contribution in [1.82, 2.24) is 0 Å². The third kappa shape index (κ3) is 3.85. The first-order chi connectivity index (χ1) is 9.38. The molecule has 20 heavy (non-hydrogen) atoms. The monoisotopic (exact) mass is 406 g/mol. The van der Waals surface area contributed by atoms with Crippen LogP contribution >= 0.6 is 31.9 Å². The normalized spacial score (nSPS) is 13.2. The molecule has 0 radical (unpaired) electrons. The fourth-order valence-corrected chi connectivity index (χ4v) is 3.02. The van der Waals surface area contributed by atoms with E-state index in [2.05, 4.69) is 31.9 Å². The zero-order valence-electron chi connectivity index (χ0n) is 10.3. The number of halogens is 5. The second-order valence-corrected chi connectivity index (χ2v) is 6.35. The first-order valence-corrected chi connectivity index (χ1v) is 7.63. The van der Waals surface area contributed by atoms with Gasteiger partial charge >= 0.3 is 6.18 Å². The van der Waals surface area contributed by atoms with Crippen LogP contribution in [0, 0.1) is 0 Å². The summed E-state index contributed by atoms with van der Waals surface area (Å²) in [6, 6.07) is 14.0. The minimum atomic E-state index is -4.35. The van der Waals surface area contributed by atoms with Crippen molar-refractivity contribution in [3.8, 4) is 0 Å². The lowest BCUT2D eigenvalue weighted by molar-refractivity contribution is -0.138. The maximum atomic E-state index is 12.9. The molecule has 5 heteroatoms. The van der Waals surface area contributed by atoms with Crippen LogP contribution in [0.15, 0.2) is 53.0 Å². The Morgan fingerprint density at radius 1 is 1.00 bits per heavy atom. The third-order valence-corrected chi connectivity index (χ3v) is 4.46. The van der Waals surface area contributed by atoms with Crippen LogP contribution in [0.3, 0.4) is 0 Å². The molecular weight excluding hydrogens is 397 g/mol. The maximum absolute atomic E-state index is 12.9. The average Bonchev–Trinajstić information content (AvgIpc) is 2.39. The molecule has 0 spiro atoms. The van der Waals surface area contributed by atoms with Gasteiger partial charge in [0.2, 0.25) is 0 Å². The van der Waals surface area contributed by atoms with Crippen LogP contribution in [-0.4, -0.2) is 0 Å². The highest BCUT2D eigenvalue weighted by atomic mass is 79.9. The minimum absolute atomic E-state index is 0.0631. The molecule has 2 rings (SSSR count). The highest BCUT2D eigenvalue weighted by molar-refractivity contribution is 9.10. The Balaban J connectivity index is 2.25. The molecule has 0 aromatic heterocycles. The summed E-state index contributed by atoms with van der Waals surface area (Å²) in [5, 5.41) is 0. The summed E-state index contributed by atoms with van der Waals surface area (Å²) in [5.41, 5.74) is 1.04. The molecule has 0 nitrogen and oxygen atoms in total. The number of hydrogen-bond donors (Lipinski definition) is 0. The molecule has 1 atom stereocenters. The summed E-state index contributed by atoms with van der Waals surface area (Å²) in [6.45, 7) is 0. The number of rotatable bonds is 3. The lowest BCUT2D eigenvalue weighted by atomic mass is 10.0. The second-order valence-electron chi connectivity index (χ2n) is 4.39. The molecule has 0 saturated heterocycles. The molecule has 0 aliphatic rings. The predicted molar refractivity (Wildman–Crippen MR) is 81.0 cm³/mol. The van der Waals surface area contributed by atoms with Crippen LogP contribution < -0.4 is 0 Å². The zero-order valence-corrected chi connectivity index (χ0v) is 13.5. The van der Waals surface area contributed by atoms with E-state index in [1.807, 2.05) is 30.3 Å². The molecule has 0 N–H and O–H groups in total. The SMILES string of the molecule is FC(F)(F)c1cc(C(Br)Cc2ccccc2)ccc1Br. The van der Waals surface area contributed by atoms with E-state index in [1.54, 1.807) is 6.07 Å². The number of benzene rings is 2. The Hall–Kier alpha value is -0.810. The molecule has 2 aromatic rings. The van der Waals surface area contributed by atoms with Gasteiger partial charge in [-0.05, 0) is 29.7 Å². The highest BCUT2D eigenvalue weighted by Gasteiger charge is 2.33. The van der Waals surface area contributed by atoms with Crippen LogP contribution in [0.5, 0.6) is 0 Å². The molecule has 0 bridgehead atoms. The van der Waals surface area contributed by atoms with Crippen molar-refractivity contribution in [2.75, 3.05) is 0 Å². The number of alkyl halides is 4. The summed E-state index contributed by atoms with van der Waals surface area (Å²) in [4.78, 5) is -0.154. The van der Waals surface area contributed by atoms with Gasteiger partial charge in [-0.1, -0.05) is 68.3 Å². The molecule has 106 valence electrons. The van der Waals surface area contributed by atoms with Gasteiger partial charge in [-0.15, -0.1) is 0 Å². The van der Waals surface area contributed by atoms with E-state index in [4.69, 9.17) is 0 Å².